The first-order valence-electron chi connectivity index (χ1n) is 7.33. The minimum atomic E-state index is 0.193. The fourth-order valence-corrected chi connectivity index (χ4v) is 2.70. The maximum absolute atomic E-state index is 11.4. The summed E-state index contributed by atoms with van der Waals surface area (Å²) in [6.07, 6.45) is 3.75. The molecule has 0 spiro atoms. The summed E-state index contributed by atoms with van der Waals surface area (Å²) in [5.74, 6) is 1.11. The van der Waals surface area contributed by atoms with Gasteiger partial charge in [0.05, 0.1) is 7.11 Å². The van der Waals surface area contributed by atoms with E-state index in [0.29, 0.717) is 18.5 Å². The smallest absolute Gasteiger partial charge is 0.220 e. The highest BCUT2D eigenvalue weighted by Crippen LogP contribution is 2.18. The predicted octanol–water partition coefficient (Wildman–Crippen LogP) is 2.23. The van der Waals surface area contributed by atoms with Crippen molar-refractivity contribution in [2.24, 2.45) is 0 Å². The van der Waals surface area contributed by atoms with Gasteiger partial charge in [-0.15, -0.1) is 0 Å². The number of ether oxygens (including phenoxy) is 1. The Bertz CT molecular complexity index is 448. The van der Waals surface area contributed by atoms with Gasteiger partial charge in [-0.1, -0.05) is 18.2 Å². The van der Waals surface area contributed by atoms with Crippen LogP contribution in [-0.4, -0.2) is 25.1 Å². The van der Waals surface area contributed by atoms with Gasteiger partial charge in [0.15, 0.2) is 0 Å². The average molecular weight is 276 g/mol. The summed E-state index contributed by atoms with van der Waals surface area (Å²) in [6.45, 7) is 2.95. The van der Waals surface area contributed by atoms with Crippen molar-refractivity contribution < 1.29 is 9.53 Å². The molecule has 1 aromatic carbocycles. The molecule has 4 nitrogen and oxygen atoms in total. The van der Waals surface area contributed by atoms with E-state index < -0.39 is 0 Å². The van der Waals surface area contributed by atoms with Gasteiger partial charge in [0.2, 0.25) is 5.91 Å². The van der Waals surface area contributed by atoms with Gasteiger partial charge in [-0.3, -0.25) is 4.79 Å². The fraction of sp³-hybridized carbons (Fsp3) is 0.562. The first-order valence-corrected chi connectivity index (χ1v) is 7.33. The van der Waals surface area contributed by atoms with Crippen molar-refractivity contribution in [2.75, 3.05) is 7.11 Å². The zero-order valence-electron chi connectivity index (χ0n) is 12.3. The molecule has 2 rings (SSSR count). The molecule has 0 saturated carbocycles. The summed E-state index contributed by atoms with van der Waals surface area (Å²) in [6, 6.07) is 8.72. The van der Waals surface area contributed by atoms with Crippen LogP contribution < -0.4 is 15.4 Å². The van der Waals surface area contributed by atoms with Crippen LogP contribution in [0.15, 0.2) is 24.3 Å². The third-order valence-electron chi connectivity index (χ3n) is 3.79. The Morgan fingerprint density at radius 1 is 1.45 bits per heavy atom. The van der Waals surface area contributed by atoms with Gasteiger partial charge in [0.1, 0.15) is 5.75 Å². The number of benzene rings is 1. The van der Waals surface area contributed by atoms with Crippen molar-refractivity contribution in [3.8, 4) is 5.75 Å². The van der Waals surface area contributed by atoms with Gasteiger partial charge in [-0.25, -0.2) is 0 Å². The molecule has 2 atom stereocenters. The molecule has 1 saturated heterocycles. The molecule has 1 aliphatic rings. The predicted molar refractivity (Wildman–Crippen MR) is 79.7 cm³/mol. The quantitative estimate of drug-likeness (QED) is 0.837. The molecule has 0 aliphatic carbocycles. The summed E-state index contributed by atoms with van der Waals surface area (Å²) in [5.41, 5.74) is 1.16. The van der Waals surface area contributed by atoms with Crippen molar-refractivity contribution in [3.05, 3.63) is 29.8 Å². The maximum atomic E-state index is 11.4. The van der Waals surface area contributed by atoms with Gasteiger partial charge < -0.3 is 15.4 Å². The minimum absolute atomic E-state index is 0.193. The molecular formula is C16H24N2O2. The van der Waals surface area contributed by atoms with Gasteiger partial charge >= 0.3 is 0 Å². The third-order valence-corrected chi connectivity index (χ3v) is 3.79. The molecule has 0 radical (unpaired) electrons. The van der Waals surface area contributed by atoms with Crippen molar-refractivity contribution in [2.45, 2.75) is 51.2 Å². The van der Waals surface area contributed by atoms with Crippen LogP contribution in [0, 0.1) is 0 Å². The number of piperidine rings is 1. The van der Waals surface area contributed by atoms with Gasteiger partial charge in [0.25, 0.3) is 0 Å². The highest BCUT2D eigenvalue weighted by Gasteiger charge is 2.19. The number of carbonyl (C=O) groups is 1. The lowest BCUT2D eigenvalue weighted by Gasteiger charge is -2.26. The Kier molecular flexibility index (Phi) is 5.41. The van der Waals surface area contributed by atoms with Gasteiger partial charge in [-0.05, 0) is 32.3 Å². The number of rotatable bonds is 6. The van der Waals surface area contributed by atoms with Crippen molar-refractivity contribution >= 4 is 5.91 Å². The second-order valence-corrected chi connectivity index (χ2v) is 5.49. The first kappa shape index (κ1) is 14.9. The Morgan fingerprint density at radius 2 is 2.25 bits per heavy atom. The average Bonchev–Trinajstić information content (AvgIpc) is 2.45. The van der Waals surface area contributed by atoms with Crippen LogP contribution in [0.3, 0.4) is 0 Å². The molecule has 110 valence electrons. The lowest BCUT2D eigenvalue weighted by atomic mass is 9.98. The van der Waals surface area contributed by atoms with E-state index in [2.05, 4.69) is 23.6 Å². The zero-order valence-corrected chi connectivity index (χ0v) is 12.3. The van der Waals surface area contributed by atoms with Crippen LogP contribution in [0.4, 0.5) is 0 Å². The third kappa shape index (κ3) is 4.23. The van der Waals surface area contributed by atoms with E-state index in [1.54, 1.807) is 7.11 Å². The SMILES string of the molecule is COc1ccccc1CN[C@@H](C)C[C@H]1CCCC(=O)N1. The molecule has 4 heteroatoms. The van der Waals surface area contributed by atoms with Crippen LogP contribution in [0.1, 0.15) is 38.2 Å². The Morgan fingerprint density at radius 3 is 3.00 bits per heavy atom. The number of para-hydroxylation sites is 1. The van der Waals surface area contributed by atoms with E-state index >= 15 is 0 Å². The van der Waals surface area contributed by atoms with Gasteiger partial charge in [-0.2, -0.15) is 0 Å². The van der Waals surface area contributed by atoms with Crippen LogP contribution in [0.25, 0.3) is 0 Å². The number of carbonyl (C=O) groups excluding carboxylic acids is 1. The summed E-state index contributed by atoms with van der Waals surface area (Å²) in [5, 5.41) is 6.57. The molecule has 20 heavy (non-hydrogen) atoms. The van der Waals surface area contributed by atoms with Crippen LogP contribution in [-0.2, 0) is 11.3 Å². The largest absolute Gasteiger partial charge is 0.496 e. The summed E-state index contributed by atoms with van der Waals surface area (Å²) in [7, 11) is 1.69. The maximum Gasteiger partial charge on any atom is 0.220 e. The minimum Gasteiger partial charge on any atom is -0.496 e. The van der Waals surface area contributed by atoms with Crippen molar-refractivity contribution in [1.29, 1.82) is 0 Å². The number of hydrogen-bond acceptors (Lipinski definition) is 3. The van der Waals surface area contributed by atoms with Crippen molar-refractivity contribution in [3.63, 3.8) is 0 Å². The first-order chi connectivity index (χ1) is 9.69. The standard InChI is InChI=1S/C16H24N2O2/c1-12(10-14-7-5-9-16(19)18-14)17-11-13-6-3-4-8-15(13)20-2/h3-4,6,8,12,14,17H,5,7,9-11H2,1-2H3,(H,18,19)/t12-,14+/m0/s1. The summed E-state index contributed by atoms with van der Waals surface area (Å²) >= 11 is 0. The van der Waals surface area contributed by atoms with E-state index in [0.717, 1.165) is 37.1 Å². The zero-order chi connectivity index (χ0) is 14.4. The van der Waals surface area contributed by atoms with E-state index in [4.69, 9.17) is 4.74 Å². The molecule has 2 N–H and O–H groups in total. The van der Waals surface area contributed by atoms with Gasteiger partial charge in [0, 0.05) is 30.6 Å². The fourth-order valence-electron chi connectivity index (χ4n) is 2.70. The van der Waals surface area contributed by atoms with Crippen LogP contribution >= 0.6 is 0 Å². The van der Waals surface area contributed by atoms with E-state index in [9.17, 15) is 4.79 Å². The number of amides is 1. The molecule has 1 amide bonds. The van der Waals surface area contributed by atoms with E-state index in [1.807, 2.05) is 18.2 Å². The molecule has 0 unspecified atom stereocenters. The van der Waals surface area contributed by atoms with E-state index in [1.165, 1.54) is 0 Å². The molecule has 1 aromatic rings. The lowest BCUT2D eigenvalue weighted by Crippen LogP contribution is -2.42. The van der Waals surface area contributed by atoms with E-state index in [-0.39, 0.29) is 5.91 Å². The monoisotopic (exact) mass is 276 g/mol. The summed E-state index contributed by atoms with van der Waals surface area (Å²) in [4.78, 5) is 11.4. The topological polar surface area (TPSA) is 50.4 Å². The number of nitrogens with one attached hydrogen (secondary N) is 2. The lowest BCUT2D eigenvalue weighted by molar-refractivity contribution is -0.123. The Labute approximate surface area is 120 Å². The summed E-state index contributed by atoms with van der Waals surface area (Å²) < 4.78 is 5.34. The Balaban J connectivity index is 1.79. The molecule has 0 aromatic heterocycles. The molecule has 0 bridgehead atoms. The van der Waals surface area contributed by atoms with Crippen LogP contribution in [0.5, 0.6) is 5.75 Å². The Hall–Kier alpha value is -1.55. The number of methoxy groups -OCH3 is 1. The molecule has 1 aliphatic heterocycles. The second-order valence-electron chi connectivity index (χ2n) is 5.49. The van der Waals surface area contributed by atoms with Crippen LogP contribution in [0.2, 0.25) is 0 Å². The highest BCUT2D eigenvalue weighted by molar-refractivity contribution is 5.76. The molecule has 1 fully saturated rings. The highest BCUT2D eigenvalue weighted by atomic mass is 16.5. The second kappa shape index (κ2) is 7.29. The molecular weight excluding hydrogens is 252 g/mol. The number of hydrogen-bond donors (Lipinski definition) is 2. The van der Waals surface area contributed by atoms with Crippen molar-refractivity contribution in [1.82, 2.24) is 10.6 Å². The normalized spacial score (nSPS) is 20.3. The molecule has 1 heterocycles.